The lowest BCUT2D eigenvalue weighted by Crippen LogP contribution is -2.56. The van der Waals surface area contributed by atoms with Gasteiger partial charge in [-0.25, -0.2) is 0 Å². The molecule has 0 saturated carbocycles. The lowest BCUT2D eigenvalue weighted by molar-refractivity contribution is -0.136. The number of piperazine rings is 1. The van der Waals surface area contributed by atoms with Gasteiger partial charge in [-0.05, 0) is 37.8 Å². The fourth-order valence-electron chi connectivity index (χ4n) is 3.71. The van der Waals surface area contributed by atoms with Gasteiger partial charge in [0.05, 0.1) is 18.2 Å². The maximum absolute atomic E-state index is 12.9. The van der Waals surface area contributed by atoms with Crippen LogP contribution in [0.5, 0.6) is 5.75 Å². The van der Waals surface area contributed by atoms with E-state index in [1.165, 1.54) is 0 Å². The van der Waals surface area contributed by atoms with Crippen molar-refractivity contribution in [3.8, 4) is 5.75 Å². The van der Waals surface area contributed by atoms with Crippen LogP contribution < -0.4 is 10.5 Å². The molecule has 0 radical (unpaired) electrons. The second kappa shape index (κ2) is 9.19. The normalized spacial score (nSPS) is 19.6. The highest BCUT2D eigenvalue weighted by molar-refractivity contribution is 5.97. The van der Waals surface area contributed by atoms with Crippen LogP contribution >= 0.6 is 0 Å². The van der Waals surface area contributed by atoms with Gasteiger partial charge >= 0.3 is 0 Å². The van der Waals surface area contributed by atoms with E-state index in [-0.39, 0.29) is 17.7 Å². The Bertz CT molecular complexity index is 652. The standard InChI is InChI=1S/C20H29N3O4/c1-2-27-17-6-4-3-5-16(17)19(24)22-9-11-23(12-10-22)20(25)18(21)15-7-13-26-14-8-15/h3-6,15,18H,2,7-14,21H2,1H3. The first-order valence-electron chi connectivity index (χ1n) is 9.75. The van der Waals surface area contributed by atoms with Gasteiger partial charge in [-0.3, -0.25) is 9.59 Å². The van der Waals surface area contributed by atoms with Crippen LogP contribution in [0.15, 0.2) is 24.3 Å². The van der Waals surface area contributed by atoms with Gasteiger partial charge in [0.15, 0.2) is 0 Å². The van der Waals surface area contributed by atoms with E-state index in [9.17, 15) is 9.59 Å². The van der Waals surface area contributed by atoms with Crippen LogP contribution in [0.25, 0.3) is 0 Å². The van der Waals surface area contributed by atoms with Crippen molar-refractivity contribution >= 4 is 11.8 Å². The lowest BCUT2D eigenvalue weighted by Gasteiger charge is -2.37. The minimum absolute atomic E-state index is 0.0104. The van der Waals surface area contributed by atoms with Gasteiger partial charge in [-0.2, -0.15) is 0 Å². The number of benzene rings is 1. The average molecular weight is 375 g/mol. The summed E-state index contributed by atoms with van der Waals surface area (Å²) in [6, 6.07) is 6.81. The first-order valence-corrected chi connectivity index (χ1v) is 9.75. The van der Waals surface area contributed by atoms with E-state index in [0.717, 1.165) is 12.8 Å². The summed E-state index contributed by atoms with van der Waals surface area (Å²) in [7, 11) is 0. The van der Waals surface area contributed by atoms with Crippen LogP contribution in [0.1, 0.15) is 30.1 Å². The summed E-state index contributed by atoms with van der Waals surface area (Å²) in [5.41, 5.74) is 6.79. The summed E-state index contributed by atoms with van der Waals surface area (Å²) >= 11 is 0. The largest absolute Gasteiger partial charge is 0.493 e. The predicted octanol–water partition coefficient (Wildman–Crippen LogP) is 1.12. The van der Waals surface area contributed by atoms with E-state index < -0.39 is 6.04 Å². The van der Waals surface area contributed by atoms with Gasteiger partial charge in [-0.1, -0.05) is 12.1 Å². The van der Waals surface area contributed by atoms with E-state index in [2.05, 4.69) is 0 Å². The van der Waals surface area contributed by atoms with Crippen molar-refractivity contribution in [1.29, 1.82) is 0 Å². The molecule has 2 amide bonds. The van der Waals surface area contributed by atoms with Gasteiger partial charge in [-0.15, -0.1) is 0 Å². The van der Waals surface area contributed by atoms with Gasteiger partial charge in [0.25, 0.3) is 5.91 Å². The van der Waals surface area contributed by atoms with Crippen molar-refractivity contribution in [2.24, 2.45) is 11.7 Å². The number of rotatable bonds is 5. The van der Waals surface area contributed by atoms with Crippen molar-refractivity contribution in [3.05, 3.63) is 29.8 Å². The molecular weight excluding hydrogens is 346 g/mol. The quantitative estimate of drug-likeness (QED) is 0.834. The summed E-state index contributed by atoms with van der Waals surface area (Å²) in [5, 5.41) is 0. The van der Waals surface area contributed by atoms with Gasteiger partial charge in [0.2, 0.25) is 5.91 Å². The molecule has 0 spiro atoms. The van der Waals surface area contributed by atoms with E-state index in [0.29, 0.717) is 57.3 Å². The fraction of sp³-hybridized carbons (Fsp3) is 0.600. The zero-order valence-corrected chi connectivity index (χ0v) is 15.9. The van der Waals surface area contributed by atoms with Crippen molar-refractivity contribution < 1.29 is 19.1 Å². The number of amides is 2. The van der Waals surface area contributed by atoms with Crippen molar-refractivity contribution in [2.75, 3.05) is 46.0 Å². The number of hydrogen-bond donors (Lipinski definition) is 1. The molecule has 0 aromatic heterocycles. The molecule has 7 heteroatoms. The van der Waals surface area contributed by atoms with Gasteiger partial charge in [0, 0.05) is 39.4 Å². The predicted molar refractivity (Wildman–Crippen MR) is 102 cm³/mol. The molecule has 1 atom stereocenters. The third-order valence-corrected chi connectivity index (χ3v) is 5.35. The molecule has 2 fully saturated rings. The highest BCUT2D eigenvalue weighted by Gasteiger charge is 2.32. The molecule has 148 valence electrons. The fourth-order valence-corrected chi connectivity index (χ4v) is 3.71. The van der Waals surface area contributed by atoms with Crippen molar-refractivity contribution in [2.45, 2.75) is 25.8 Å². The molecule has 0 bridgehead atoms. The topological polar surface area (TPSA) is 85.1 Å². The first kappa shape index (κ1) is 19.6. The molecule has 27 heavy (non-hydrogen) atoms. The Morgan fingerprint density at radius 1 is 1.15 bits per heavy atom. The lowest BCUT2D eigenvalue weighted by atomic mass is 9.91. The molecule has 2 N–H and O–H groups in total. The zero-order chi connectivity index (χ0) is 19.2. The summed E-state index contributed by atoms with van der Waals surface area (Å²) in [6.07, 6.45) is 1.67. The Hall–Kier alpha value is -2.12. The van der Waals surface area contributed by atoms with E-state index in [1.807, 2.05) is 25.1 Å². The SMILES string of the molecule is CCOc1ccccc1C(=O)N1CCN(C(=O)C(N)C2CCOCC2)CC1. The molecule has 2 aliphatic rings. The maximum Gasteiger partial charge on any atom is 0.257 e. The molecule has 3 rings (SSSR count). The Kier molecular flexibility index (Phi) is 6.68. The summed E-state index contributed by atoms with van der Waals surface area (Å²) < 4.78 is 10.9. The highest BCUT2D eigenvalue weighted by atomic mass is 16.5. The van der Waals surface area contributed by atoms with Crippen LogP contribution in [0, 0.1) is 5.92 Å². The zero-order valence-electron chi connectivity index (χ0n) is 15.9. The molecule has 2 aliphatic heterocycles. The number of nitrogens with zero attached hydrogens (tertiary/aromatic N) is 2. The summed E-state index contributed by atoms with van der Waals surface area (Å²) in [5.74, 6) is 0.720. The molecule has 1 aromatic rings. The third-order valence-electron chi connectivity index (χ3n) is 5.35. The number of para-hydroxylation sites is 1. The Labute approximate surface area is 160 Å². The number of carbonyl (C=O) groups excluding carboxylic acids is 2. The number of ether oxygens (including phenoxy) is 2. The summed E-state index contributed by atoms with van der Waals surface area (Å²) in [4.78, 5) is 29.1. The maximum atomic E-state index is 12.9. The van der Waals surface area contributed by atoms with Crippen LogP contribution in [0.2, 0.25) is 0 Å². The number of hydrogen-bond acceptors (Lipinski definition) is 5. The highest BCUT2D eigenvalue weighted by Crippen LogP contribution is 2.22. The van der Waals surface area contributed by atoms with E-state index in [4.69, 9.17) is 15.2 Å². The number of nitrogens with two attached hydrogens (primary N) is 1. The minimum Gasteiger partial charge on any atom is -0.493 e. The molecule has 1 aromatic carbocycles. The van der Waals surface area contributed by atoms with E-state index >= 15 is 0 Å². The van der Waals surface area contributed by atoms with Gasteiger partial charge in [0.1, 0.15) is 5.75 Å². The summed E-state index contributed by atoms with van der Waals surface area (Å²) in [6.45, 7) is 5.79. The molecule has 2 saturated heterocycles. The Morgan fingerprint density at radius 3 is 2.44 bits per heavy atom. The third kappa shape index (κ3) is 4.59. The van der Waals surface area contributed by atoms with Crippen LogP contribution in [-0.2, 0) is 9.53 Å². The Balaban J connectivity index is 1.57. The van der Waals surface area contributed by atoms with Crippen molar-refractivity contribution in [1.82, 2.24) is 9.80 Å². The second-order valence-corrected chi connectivity index (χ2v) is 7.02. The Morgan fingerprint density at radius 2 is 1.78 bits per heavy atom. The molecule has 1 unspecified atom stereocenters. The minimum atomic E-state index is -0.477. The van der Waals surface area contributed by atoms with Crippen molar-refractivity contribution in [3.63, 3.8) is 0 Å². The van der Waals surface area contributed by atoms with Crippen LogP contribution in [-0.4, -0.2) is 73.7 Å². The smallest absolute Gasteiger partial charge is 0.257 e. The number of carbonyl (C=O) groups is 2. The first-order chi connectivity index (χ1) is 13.1. The van der Waals surface area contributed by atoms with Crippen LogP contribution in [0.4, 0.5) is 0 Å². The second-order valence-electron chi connectivity index (χ2n) is 7.02. The van der Waals surface area contributed by atoms with E-state index in [1.54, 1.807) is 15.9 Å². The van der Waals surface area contributed by atoms with Gasteiger partial charge < -0.3 is 25.0 Å². The molecule has 7 nitrogen and oxygen atoms in total. The monoisotopic (exact) mass is 375 g/mol. The average Bonchev–Trinajstić information content (AvgIpc) is 2.73. The molecule has 0 aliphatic carbocycles. The van der Waals surface area contributed by atoms with Crippen LogP contribution in [0.3, 0.4) is 0 Å². The molecule has 2 heterocycles. The molecular formula is C20H29N3O4.